The van der Waals surface area contributed by atoms with Crippen LogP contribution in [0.15, 0.2) is 24.3 Å². The fourth-order valence-electron chi connectivity index (χ4n) is 1.95. The zero-order valence-electron chi connectivity index (χ0n) is 18.4. The summed E-state index contributed by atoms with van der Waals surface area (Å²) in [6, 6.07) is 7.61. The predicted molar refractivity (Wildman–Crippen MR) is 111 cm³/mol. The lowest BCUT2D eigenvalue weighted by Gasteiger charge is -2.09. The Hall–Kier alpha value is -1.48. The van der Waals surface area contributed by atoms with Gasteiger partial charge in [-0.1, -0.05) is 0 Å². The van der Waals surface area contributed by atoms with E-state index in [1.165, 1.54) is 0 Å². The van der Waals surface area contributed by atoms with Crippen molar-refractivity contribution in [3.05, 3.63) is 24.3 Å². The molecule has 0 spiro atoms. The monoisotopic (exact) mass is 475 g/mol. The smallest absolute Gasteiger partial charge is 0.497 e. The van der Waals surface area contributed by atoms with Gasteiger partial charge in [0.05, 0.1) is 86.4 Å². The van der Waals surface area contributed by atoms with E-state index in [4.69, 9.17) is 33.2 Å². The van der Waals surface area contributed by atoms with Crippen LogP contribution in [0.2, 0.25) is 0 Å². The van der Waals surface area contributed by atoms with Crippen LogP contribution < -0.4 is 10.5 Å². The van der Waals surface area contributed by atoms with Gasteiger partial charge in [0, 0.05) is 12.1 Å². The van der Waals surface area contributed by atoms with Crippen molar-refractivity contribution in [3.63, 3.8) is 0 Å². The van der Waals surface area contributed by atoms with Crippen LogP contribution in [0.4, 0.5) is 23.0 Å². The molecule has 0 aliphatic carbocycles. The van der Waals surface area contributed by atoms with E-state index >= 15 is 0 Å². The SMILES string of the molecule is C1COCCOCCOCCOCCOCCO1.COc1ccc([NH3+])cc1.F[B-](F)(F)F. The summed E-state index contributed by atoms with van der Waals surface area (Å²) in [4.78, 5) is 0. The number of methoxy groups -OCH3 is 1. The van der Waals surface area contributed by atoms with E-state index in [2.05, 4.69) is 5.73 Å². The van der Waals surface area contributed by atoms with Crippen molar-refractivity contribution in [2.75, 3.05) is 86.4 Å². The van der Waals surface area contributed by atoms with Crippen molar-refractivity contribution < 1.29 is 56.2 Å². The Labute approximate surface area is 186 Å². The zero-order valence-corrected chi connectivity index (χ0v) is 18.4. The molecule has 0 unspecified atom stereocenters. The van der Waals surface area contributed by atoms with Gasteiger partial charge in [-0.3, -0.25) is 0 Å². The molecular weight excluding hydrogens is 441 g/mol. The molecule has 0 amide bonds. The van der Waals surface area contributed by atoms with E-state index in [9.17, 15) is 17.3 Å². The minimum absolute atomic E-state index is 0.586. The first-order chi connectivity index (χ1) is 15.3. The second-order valence-corrected chi connectivity index (χ2v) is 6.02. The number of halogens is 4. The van der Waals surface area contributed by atoms with Crippen molar-refractivity contribution in [1.29, 1.82) is 0 Å². The first-order valence-electron chi connectivity index (χ1n) is 10.1. The molecule has 188 valence electrons. The Morgan fingerprint density at radius 2 is 0.812 bits per heavy atom. The summed E-state index contributed by atoms with van der Waals surface area (Å²) in [5.74, 6) is 0.877. The van der Waals surface area contributed by atoms with Crippen LogP contribution in [0.1, 0.15) is 0 Å². The van der Waals surface area contributed by atoms with E-state index in [-0.39, 0.29) is 0 Å². The fourth-order valence-corrected chi connectivity index (χ4v) is 1.95. The number of hydrogen-bond acceptors (Lipinski definition) is 7. The summed E-state index contributed by atoms with van der Waals surface area (Å²) < 4.78 is 75.9. The molecule has 1 aromatic rings. The first-order valence-corrected chi connectivity index (χ1v) is 10.1. The first kappa shape index (κ1) is 30.5. The maximum atomic E-state index is 9.75. The molecule has 1 saturated heterocycles. The Morgan fingerprint density at radius 3 is 1.00 bits per heavy atom. The molecule has 3 N–H and O–H groups in total. The Balaban J connectivity index is 0.000000566. The molecule has 0 bridgehead atoms. The summed E-state index contributed by atoms with van der Waals surface area (Å²) in [7, 11) is -4.35. The zero-order chi connectivity index (χ0) is 23.9. The molecule has 1 aliphatic heterocycles. The molecule has 1 aliphatic rings. The van der Waals surface area contributed by atoms with E-state index in [0.29, 0.717) is 79.3 Å². The third-order valence-electron chi connectivity index (χ3n) is 3.39. The van der Waals surface area contributed by atoms with Crippen molar-refractivity contribution in [3.8, 4) is 5.75 Å². The van der Waals surface area contributed by atoms with Crippen molar-refractivity contribution >= 4 is 12.9 Å². The summed E-state index contributed by atoms with van der Waals surface area (Å²) in [6.45, 7) is 7.04. The lowest BCUT2D eigenvalue weighted by molar-refractivity contribution is -0.254. The molecule has 13 heteroatoms. The van der Waals surface area contributed by atoms with Gasteiger partial charge in [0.25, 0.3) is 0 Å². The standard InChI is InChI=1S/C12H24O6.C7H9NO.BF4/c1-2-14-5-6-16-9-10-18-12-11-17-8-7-15-4-3-13-1;1-9-7-4-2-6(8)3-5-7;2-1(3,4)5/h1-12H2;2-5H,8H2,1H3;/q;;-1/p+1. The fraction of sp³-hybridized carbons (Fsp3) is 0.684. The van der Waals surface area contributed by atoms with Crippen molar-refractivity contribution in [1.82, 2.24) is 0 Å². The molecular formula is C19H34BF4NO7. The summed E-state index contributed by atoms with van der Waals surface area (Å²) in [6.07, 6.45) is 0. The highest BCUT2D eigenvalue weighted by molar-refractivity contribution is 6.50. The summed E-state index contributed by atoms with van der Waals surface area (Å²) in [5.41, 5.74) is 4.75. The highest BCUT2D eigenvalue weighted by Crippen LogP contribution is 2.10. The molecule has 0 radical (unpaired) electrons. The van der Waals surface area contributed by atoms with Gasteiger partial charge in [0.15, 0.2) is 0 Å². The highest BCUT2D eigenvalue weighted by atomic mass is 19.5. The quantitative estimate of drug-likeness (QED) is 0.491. The molecule has 32 heavy (non-hydrogen) atoms. The lowest BCUT2D eigenvalue weighted by Crippen LogP contribution is -2.39. The number of rotatable bonds is 1. The third-order valence-corrected chi connectivity index (χ3v) is 3.39. The van der Waals surface area contributed by atoms with Gasteiger partial charge in [-0.2, -0.15) is 0 Å². The van der Waals surface area contributed by atoms with Crippen LogP contribution in [0, 0.1) is 0 Å². The predicted octanol–water partition coefficient (Wildman–Crippen LogP) is 1.97. The number of benzene rings is 1. The third kappa shape index (κ3) is 26.6. The maximum Gasteiger partial charge on any atom is 0.673 e. The minimum atomic E-state index is -6.00. The van der Waals surface area contributed by atoms with Gasteiger partial charge in [0.2, 0.25) is 0 Å². The van der Waals surface area contributed by atoms with Crippen molar-refractivity contribution in [2.45, 2.75) is 0 Å². The second kappa shape index (κ2) is 21.4. The van der Waals surface area contributed by atoms with Gasteiger partial charge in [0.1, 0.15) is 11.4 Å². The van der Waals surface area contributed by atoms with Crippen LogP contribution in [-0.2, 0) is 28.4 Å². The molecule has 2 rings (SSSR count). The molecule has 1 fully saturated rings. The second-order valence-electron chi connectivity index (χ2n) is 6.02. The van der Waals surface area contributed by atoms with Crippen LogP contribution >= 0.6 is 0 Å². The summed E-state index contributed by atoms with van der Waals surface area (Å²) in [5, 5.41) is 0. The van der Waals surface area contributed by atoms with Gasteiger partial charge in [-0.25, -0.2) is 0 Å². The number of ether oxygens (including phenoxy) is 7. The molecule has 0 saturated carbocycles. The van der Waals surface area contributed by atoms with E-state index in [1.54, 1.807) is 7.11 Å². The molecule has 0 aromatic heterocycles. The topological polar surface area (TPSA) is 92.3 Å². The van der Waals surface area contributed by atoms with E-state index < -0.39 is 7.25 Å². The highest BCUT2D eigenvalue weighted by Gasteiger charge is 2.20. The average Bonchev–Trinajstić information content (AvgIpc) is 2.74. The average molecular weight is 475 g/mol. The number of quaternary nitrogens is 1. The summed E-state index contributed by atoms with van der Waals surface area (Å²) >= 11 is 0. The molecule has 1 aromatic carbocycles. The molecule has 8 nitrogen and oxygen atoms in total. The van der Waals surface area contributed by atoms with E-state index in [1.807, 2.05) is 24.3 Å². The van der Waals surface area contributed by atoms with E-state index in [0.717, 1.165) is 11.4 Å². The minimum Gasteiger partial charge on any atom is -0.497 e. The van der Waals surface area contributed by atoms with Gasteiger partial charge in [-0.15, -0.1) is 0 Å². The van der Waals surface area contributed by atoms with Crippen LogP contribution in [-0.4, -0.2) is 93.6 Å². The normalized spacial score (nSPS) is 17.9. The molecule has 1 heterocycles. The Kier molecular flexibility index (Phi) is 20.4. The van der Waals surface area contributed by atoms with Crippen LogP contribution in [0.5, 0.6) is 5.75 Å². The van der Waals surface area contributed by atoms with Crippen LogP contribution in [0.25, 0.3) is 0 Å². The Morgan fingerprint density at radius 1 is 0.594 bits per heavy atom. The van der Waals surface area contributed by atoms with Crippen molar-refractivity contribution in [2.24, 2.45) is 0 Å². The Bertz CT molecular complexity index is 446. The van der Waals surface area contributed by atoms with Gasteiger partial charge >= 0.3 is 7.25 Å². The number of hydrogen-bond donors (Lipinski definition) is 1. The molecule has 0 atom stereocenters. The van der Waals surface area contributed by atoms with Gasteiger partial charge in [-0.05, 0) is 12.1 Å². The lowest BCUT2D eigenvalue weighted by atomic mass is 10.3. The largest absolute Gasteiger partial charge is 0.673 e. The maximum absolute atomic E-state index is 9.75. The van der Waals surface area contributed by atoms with Gasteiger partial charge < -0.3 is 56.2 Å². The van der Waals surface area contributed by atoms with Crippen LogP contribution in [0.3, 0.4) is 0 Å².